The highest BCUT2D eigenvalue weighted by molar-refractivity contribution is 5.81. The molecule has 1 N–H and O–H groups in total. The summed E-state index contributed by atoms with van der Waals surface area (Å²) < 4.78 is 5.97. The van der Waals surface area contributed by atoms with Crippen molar-refractivity contribution in [2.45, 2.75) is 59.6 Å². The first kappa shape index (κ1) is 19.0. The summed E-state index contributed by atoms with van der Waals surface area (Å²) in [4.78, 5) is 12.8. The number of nitrogens with one attached hydrogen (secondary N) is 1. The molecule has 0 aliphatic rings. The van der Waals surface area contributed by atoms with E-state index in [1.54, 1.807) is 0 Å². The third kappa shape index (κ3) is 4.85. The van der Waals surface area contributed by atoms with Crippen LogP contribution in [0.4, 0.5) is 0 Å². The average molecular weight is 339 g/mol. The van der Waals surface area contributed by atoms with Gasteiger partial charge in [-0.3, -0.25) is 4.79 Å². The van der Waals surface area contributed by atoms with E-state index in [4.69, 9.17) is 4.74 Å². The summed E-state index contributed by atoms with van der Waals surface area (Å²) in [6.45, 7) is 10.2. The average Bonchev–Trinajstić information content (AvgIpc) is 2.59. The Balaban J connectivity index is 2.12. The first-order valence-corrected chi connectivity index (χ1v) is 9.06. The number of rotatable bonds is 7. The summed E-state index contributed by atoms with van der Waals surface area (Å²) in [6.07, 6.45) is 0.987. The number of carbonyl (C=O) groups is 1. The number of aryl methyl sites for hydroxylation is 3. The van der Waals surface area contributed by atoms with Gasteiger partial charge in [0.25, 0.3) is 5.91 Å². The number of para-hydroxylation sites is 1. The Morgan fingerprint density at radius 2 is 1.72 bits per heavy atom. The van der Waals surface area contributed by atoms with Gasteiger partial charge in [0.05, 0.1) is 6.04 Å². The summed E-state index contributed by atoms with van der Waals surface area (Å²) in [6, 6.07) is 14.2. The van der Waals surface area contributed by atoms with E-state index in [9.17, 15) is 4.79 Å². The molecule has 0 aliphatic carbocycles. The standard InChI is InChI=1S/C22H29NO2/c1-6-19(18-13-12-15(3)14-17(18)5)23-22(24)20(7-2)25-21-11-9-8-10-16(21)4/h8-14,19-20H,6-7H2,1-5H3,(H,23,24)/t19-,20+/m1/s1. The first-order valence-electron chi connectivity index (χ1n) is 9.06. The van der Waals surface area contributed by atoms with Crippen LogP contribution in [0.5, 0.6) is 5.75 Å². The number of ether oxygens (including phenoxy) is 1. The van der Waals surface area contributed by atoms with Crippen LogP contribution in [0.25, 0.3) is 0 Å². The number of amides is 1. The SMILES string of the molecule is CC[C@H](Oc1ccccc1C)C(=O)N[C@H](CC)c1ccc(C)cc1C. The van der Waals surface area contributed by atoms with Gasteiger partial charge in [0, 0.05) is 0 Å². The van der Waals surface area contributed by atoms with Gasteiger partial charge in [0.1, 0.15) is 5.75 Å². The van der Waals surface area contributed by atoms with Crippen LogP contribution in [-0.2, 0) is 4.79 Å². The number of hydrogen-bond acceptors (Lipinski definition) is 2. The maximum atomic E-state index is 12.8. The molecule has 3 heteroatoms. The third-order valence-corrected chi connectivity index (χ3v) is 4.55. The molecule has 3 nitrogen and oxygen atoms in total. The molecule has 0 fully saturated rings. The molecular formula is C22H29NO2. The van der Waals surface area contributed by atoms with Gasteiger partial charge in [-0.05, 0) is 56.4 Å². The van der Waals surface area contributed by atoms with Gasteiger partial charge in [-0.15, -0.1) is 0 Å². The summed E-state index contributed by atoms with van der Waals surface area (Å²) in [5.74, 6) is 0.710. The molecule has 0 saturated carbocycles. The maximum absolute atomic E-state index is 12.8. The Bertz CT molecular complexity index is 724. The maximum Gasteiger partial charge on any atom is 0.261 e. The van der Waals surface area contributed by atoms with Crippen LogP contribution in [0.3, 0.4) is 0 Å². The zero-order valence-electron chi connectivity index (χ0n) is 15.9. The normalized spacial score (nSPS) is 13.2. The molecule has 0 spiro atoms. The number of carbonyl (C=O) groups excluding carboxylic acids is 1. The van der Waals surface area contributed by atoms with Gasteiger partial charge in [0.15, 0.2) is 6.10 Å². The first-order chi connectivity index (χ1) is 12.0. The molecule has 0 aliphatic heterocycles. The molecule has 2 aromatic carbocycles. The van der Waals surface area contributed by atoms with Gasteiger partial charge in [-0.2, -0.15) is 0 Å². The lowest BCUT2D eigenvalue weighted by Crippen LogP contribution is -2.40. The van der Waals surface area contributed by atoms with Crippen LogP contribution in [0.15, 0.2) is 42.5 Å². The van der Waals surface area contributed by atoms with Crippen molar-refractivity contribution in [2.75, 3.05) is 0 Å². The monoisotopic (exact) mass is 339 g/mol. The van der Waals surface area contributed by atoms with E-state index in [0.29, 0.717) is 6.42 Å². The van der Waals surface area contributed by atoms with Crippen LogP contribution in [0.2, 0.25) is 0 Å². The number of hydrogen-bond donors (Lipinski definition) is 1. The van der Waals surface area contributed by atoms with E-state index in [1.165, 1.54) is 16.7 Å². The van der Waals surface area contributed by atoms with Crippen molar-refractivity contribution in [3.8, 4) is 5.75 Å². The quantitative estimate of drug-likeness (QED) is 0.768. The smallest absolute Gasteiger partial charge is 0.261 e. The van der Waals surface area contributed by atoms with Crippen molar-refractivity contribution in [3.05, 3.63) is 64.7 Å². The molecule has 0 aromatic heterocycles. The van der Waals surface area contributed by atoms with Crippen molar-refractivity contribution in [3.63, 3.8) is 0 Å². The number of benzene rings is 2. The molecule has 134 valence electrons. The lowest BCUT2D eigenvalue weighted by Gasteiger charge is -2.24. The molecule has 2 rings (SSSR count). The lowest BCUT2D eigenvalue weighted by atomic mass is 9.97. The highest BCUT2D eigenvalue weighted by atomic mass is 16.5. The van der Waals surface area contributed by atoms with Crippen LogP contribution in [0, 0.1) is 20.8 Å². The van der Waals surface area contributed by atoms with Gasteiger partial charge in [-0.25, -0.2) is 0 Å². The molecule has 0 heterocycles. The molecular weight excluding hydrogens is 310 g/mol. The Hall–Kier alpha value is -2.29. The van der Waals surface area contributed by atoms with Crippen molar-refractivity contribution in [2.24, 2.45) is 0 Å². The minimum Gasteiger partial charge on any atom is -0.480 e. The highest BCUT2D eigenvalue weighted by Crippen LogP contribution is 2.23. The van der Waals surface area contributed by atoms with Gasteiger partial charge in [-0.1, -0.05) is 55.8 Å². The zero-order valence-corrected chi connectivity index (χ0v) is 15.9. The van der Waals surface area contributed by atoms with E-state index in [1.807, 2.05) is 38.1 Å². The largest absolute Gasteiger partial charge is 0.480 e. The Kier molecular flexibility index (Phi) is 6.63. The summed E-state index contributed by atoms with van der Waals surface area (Å²) in [7, 11) is 0. The van der Waals surface area contributed by atoms with E-state index >= 15 is 0 Å². The van der Waals surface area contributed by atoms with E-state index in [-0.39, 0.29) is 11.9 Å². The molecule has 0 radical (unpaired) electrons. The fourth-order valence-electron chi connectivity index (χ4n) is 3.05. The van der Waals surface area contributed by atoms with Crippen LogP contribution < -0.4 is 10.1 Å². The van der Waals surface area contributed by atoms with Crippen molar-refractivity contribution in [1.29, 1.82) is 0 Å². The van der Waals surface area contributed by atoms with E-state index < -0.39 is 6.10 Å². The second-order valence-electron chi connectivity index (χ2n) is 6.61. The molecule has 0 unspecified atom stereocenters. The third-order valence-electron chi connectivity index (χ3n) is 4.55. The molecule has 0 bridgehead atoms. The molecule has 0 saturated heterocycles. The molecule has 1 amide bonds. The minimum absolute atomic E-state index is 0.00243. The minimum atomic E-state index is -0.485. The predicted octanol–water partition coefficient (Wildman–Crippen LogP) is 5.04. The summed E-state index contributed by atoms with van der Waals surface area (Å²) >= 11 is 0. The fourth-order valence-corrected chi connectivity index (χ4v) is 3.05. The van der Waals surface area contributed by atoms with Crippen LogP contribution >= 0.6 is 0 Å². The van der Waals surface area contributed by atoms with Crippen LogP contribution in [-0.4, -0.2) is 12.0 Å². The highest BCUT2D eigenvalue weighted by Gasteiger charge is 2.23. The lowest BCUT2D eigenvalue weighted by molar-refractivity contribution is -0.129. The second-order valence-corrected chi connectivity index (χ2v) is 6.61. The van der Waals surface area contributed by atoms with Gasteiger partial charge < -0.3 is 10.1 Å². The topological polar surface area (TPSA) is 38.3 Å². The van der Waals surface area contributed by atoms with Crippen molar-refractivity contribution >= 4 is 5.91 Å². The molecule has 2 aromatic rings. The van der Waals surface area contributed by atoms with E-state index in [2.05, 4.69) is 44.3 Å². The van der Waals surface area contributed by atoms with Gasteiger partial charge >= 0.3 is 0 Å². The summed E-state index contributed by atoms with van der Waals surface area (Å²) in [5, 5.41) is 3.17. The Morgan fingerprint density at radius 3 is 2.32 bits per heavy atom. The summed E-state index contributed by atoms with van der Waals surface area (Å²) in [5.41, 5.74) is 4.65. The van der Waals surface area contributed by atoms with Gasteiger partial charge in [0.2, 0.25) is 0 Å². The zero-order chi connectivity index (χ0) is 18.4. The van der Waals surface area contributed by atoms with Crippen molar-refractivity contribution < 1.29 is 9.53 Å². The predicted molar refractivity (Wildman–Crippen MR) is 103 cm³/mol. The van der Waals surface area contributed by atoms with E-state index in [0.717, 1.165) is 17.7 Å². The fraction of sp³-hybridized carbons (Fsp3) is 0.409. The molecule has 2 atom stereocenters. The second kappa shape index (κ2) is 8.70. The van der Waals surface area contributed by atoms with Crippen LogP contribution in [0.1, 0.15) is 55.0 Å². The Morgan fingerprint density at radius 1 is 1.00 bits per heavy atom. The van der Waals surface area contributed by atoms with Crippen molar-refractivity contribution in [1.82, 2.24) is 5.32 Å². The Labute approximate surface area is 151 Å². The molecule has 25 heavy (non-hydrogen) atoms.